The Labute approximate surface area is 96.4 Å². The predicted octanol–water partition coefficient (Wildman–Crippen LogP) is 0.966. The first kappa shape index (κ1) is 12.8. The van der Waals surface area contributed by atoms with Gasteiger partial charge in [-0.3, -0.25) is 4.90 Å². The number of carbonyl (C=O) groups is 1. The number of ether oxygens (including phenoxy) is 1. The highest BCUT2D eigenvalue weighted by Gasteiger charge is 2.27. The maximum absolute atomic E-state index is 11.1. The molecule has 1 heterocycles. The summed E-state index contributed by atoms with van der Waals surface area (Å²) in [6, 6.07) is 2.25. The molecule has 2 atom stereocenters. The van der Waals surface area contributed by atoms with Crippen LogP contribution in [-0.4, -0.2) is 43.8 Å². The van der Waals surface area contributed by atoms with E-state index in [4.69, 9.17) is 5.26 Å². The SMILES string of the molecule is CCC1CC(NC(=O)OC)CN(CC#N)C1. The summed E-state index contributed by atoms with van der Waals surface area (Å²) in [5.41, 5.74) is 0. The van der Waals surface area contributed by atoms with E-state index >= 15 is 0 Å². The zero-order valence-electron chi connectivity index (χ0n) is 9.90. The maximum Gasteiger partial charge on any atom is 0.407 e. The van der Waals surface area contributed by atoms with Gasteiger partial charge >= 0.3 is 6.09 Å². The smallest absolute Gasteiger partial charge is 0.407 e. The second-order valence-electron chi connectivity index (χ2n) is 4.20. The molecule has 1 saturated heterocycles. The number of carbonyl (C=O) groups excluding carboxylic acids is 1. The molecule has 1 rings (SSSR count). The number of hydrogen-bond donors (Lipinski definition) is 1. The van der Waals surface area contributed by atoms with Crippen LogP contribution < -0.4 is 5.32 Å². The lowest BCUT2D eigenvalue weighted by Crippen LogP contribution is -2.50. The molecule has 90 valence electrons. The Morgan fingerprint density at radius 1 is 1.62 bits per heavy atom. The predicted molar refractivity (Wildman–Crippen MR) is 59.8 cm³/mol. The van der Waals surface area contributed by atoms with Crippen molar-refractivity contribution in [2.75, 3.05) is 26.7 Å². The van der Waals surface area contributed by atoms with Gasteiger partial charge in [0, 0.05) is 19.1 Å². The van der Waals surface area contributed by atoms with Crippen molar-refractivity contribution >= 4 is 6.09 Å². The van der Waals surface area contributed by atoms with Crippen LogP contribution in [0.15, 0.2) is 0 Å². The standard InChI is InChI=1S/C11H19N3O2/c1-3-9-6-10(13-11(15)16-2)8-14(7-9)5-4-12/h9-10H,3,5-8H2,1-2H3,(H,13,15). The third-order valence-electron chi connectivity index (χ3n) is 2.99. The molecule has 1 aliphatic rings. The molecule has 0 bridgehead atoms. The molecule has 0 aliphatic carbocycles. The van der Waals surface area contributed by atoms with Crippen LogP contribution in [-0.2, 0) is 4.74 Å². The number of hydrogen-bond acceptors (Lipinski definition) is 4. The minimum Gasteiger partial charge on any atom is -0.453 e. The van der Waals surface area contributed by atoms with Crippen molar-refractivity contribution in [1.29, 1.82) is 5.26 Å². The number of methoxy groups -OCH3 is 1. The van der Waals surface area contributed by atoms with Crippen molar-refractivity contribution in [3.8, 4) is 6.07 Å². The molecule has 16 heavy (non-hydrogen) atoms. The minimum atomic E-state index is -0.390. The molecule has 0 radical (unpaired) electrons. The highest BCUT2D eigenvalue weighted by molar-refractivity contribution is 5.67. The second-order valence-corrected chi connectivity index (χ2v) is 4.20. The Kier molecular flexibility index (Phi) is 5.06. The molecule has 1 amide bonds. The highest BCUT2D eigenvalue weighted by atomic mass is 16.5. The molecule has 1 fully saturated rings. The van der Waals surface area contributed by atoms with Crippen molar-refractivity contribution in [2.45, 2.75) is 25.8 Å². The molecule has 1 N–H and O–H groups in total. The molecule has 1 aliphatic heterocycles. The van der Waals surface area contributed by atoms with Gasteiger partial charge in [0.1, 0.15) is 0 Å². The molecule has 0 aromatic rings. The third-order valence-corrected chi connectivity index (χ3v) is 2.99. The zero-order chi connectivity index (χ0) is 12.0. The zero-order valence-corrected chi connectivity index (χ0v) is 9.90. The molecule has 2 unspecified atom stereocenters. The third kappa shape index (κ3) is 3.70. The molecule has 0 saturated carbocycles. The van der Waals surface area contributed by atoms with Gasteiger partial charge in [0.15, 0.2) is 0 Å². The number of amides is 1. The highest BCUT2D eigenvalue weighted by Crippen LogP contribution is 2.19. The van der Waals surface area contributed by atoms with Crippen LogP contribution in [0.25, 0.3) is 0 Å². The molecule has 0 aromatic heterocycles. The number of likely N-dealkylation sites (tertiary alicyclic amines) is 1. The number of alkyl carbamates (subject to hydrolysis) is 1. The van der Waals surface area contributed by atoms with E-state index in [0.29, 0.717) is 12.5 Å². The normalized spacial score (nSPS) is 25.8. The number of rotatable bonds is 3. The summed E-state index contributed by atoms with van der Waals surface area (Å²) in [6.07, 6.45) is 1.65. The Bertz CT molecular complexity index is 275. The van der Waals surface area contributed by atoms with Gasteiger partial charge < -0.3 is 10.1 Å². The van der Waals surface area contributed by atoms with Gasteiger partial charge in [-0.05, 0) is 12.3 Å². The van der Waals surface area contributed by atoms with Crippen LogP contribution in [0.4, 0.5) is 4.79 Å². The van der Waals surface area contributed by atoms with Gasteiger partial charge in [0.05, 0.1) is 19.7 Å². The molecule has 0 spiro atoms. The quantitative estimate of drug-likeness (QED) is 0.727. The number of nitriles is 1. The van der Waals surface area contributed by atoms with Crippen LogP contribution in [0.2, 0.25) is 0 Å². The lowest BCUT2D eigenvalue weighted by molar-refractivity contribution is 0.131. The van der Waals surface area contributed by atoms with Gasteiger partial charge in [-0.15, -0.1) is 0 Å². The van der Waals surface area contributed by atoms with E-state index in [9.17, 15) is 4.79 Å². The van der Waals surface area contributed by atoms with Crippen molar-refractivity contribution in [3.05, 3.63) is 0 Å². The van der Waals surface area contributed by atoms with E-state index in [-0.39, 0.29) is 6.04 Å². The van der Waals surface area contributed by atoms with Crippen molar-refractivity contribution < 1.29 is 9.53 Å². The Hall–Kier alpha value is -1.28. The molecule has 0 aromatic carbocycles. The van der Waals surface area contributed by atoms with E-state index in [1.165, 1.54) is 7.11 Å². The van der Waals surface area contributed by atoms with E-state index < -0.39 is 6.09 Å². The molecule has 5 nitrogen and oxygen atoms in total. The second kappa shape index (κ2) is 6.33. The summed E-state index contributed by atoms with van der Waals surface area (Å²) >= 11 is 0. The molecular weight excluding hydrogens is 206 g/mol. The average Bonchev–Trinajstić information content (AvgIpc) is 2.29. The summed E-state index contributed by atoms with van der Waals surface area (Å²) < 4.78 is 4.58. The van der Waals surface area contributed by atoms with Crippen LogP contribution in [0.1, 0.15) is 19.8 Å². The van der Waals surface area contributed by atoms with E-state index in [2.05, 4.69) is 27.9 Å². The van der Waals surface area contributed by atoms with Crippen molar-refractivity contribution in [3.63, 3.8) is 0 Å². The van der Waals surface area contributed by atoms with Gasteiger partial charge in [0.25, 0.3) is 0 Å². The van der Waals surface area contributed by atoms with Crippen molar-refractivity contribution in [2.24, 2.45) is 5.92 Å². The van der Waals surface area contributed by atoms with Gasteiger partial charge in [-0.25, -0.2) is 4.79 Å². The summed E-state index contributed by atoms with van der Waals surface area (Å²) in [4.78, 5) is 13.2. The fourth-order valence-corrected chi connectivity index (χ4v) is 2.16. The largest absolute Gasteiger partial charge is 0.453 e. The number of piperidine rings is 1. The first-order chi connectivity index (χ1) is 7.69. The summed E-state index contributed by atoms with van der Waals surface area (Å²) in [7, 11) is 1.36. The Morgan fingerprint density at radius 3 is 2.94 bits per heavy atom. The summed E-state index contributed by atoms with van der Waals surface area (Å²) in [5, 5.41) is 11.5. The summed E-state index contributed by atoms with van der Waals surface area (Å²) in [6.45, 7) is 4.24. The minimum absolute atomic E-state index is 0.0968. The number of nitrogens with zero attached hydrogens (tertiary/aromatic N) is 2. The lowest BCUT2D eigenvalue weighted by atomic mass is 9.92. The Balaban J connectivity index is 2.50. The van der Waals surface area contributed by atoms with Gasteiger partial charge in [-0.1, -0.05) is 13.3 Å². The fourth-order valence-electron chi connectivity index (χ4n) is 2.16. The van der Waals surface area contributed by atoms with Crippen LogP contribution >= 0.6 is 0 Å². The number of nitrogens with one attached hydrogen (secondary N) is 1. The maximum atomic E-state index is 11.1. The fraction of sp³-hybridized carbons (Fsp3) is 0.818. The first-order valence-electron chi connectivity index (χ1n) is 5.63. The van der Waals surface area contributed by atoms with Gasteiger partial charge in [-0.2, -0.15) is 5.26 Å². The van der Waals surface area contributed by atoms with E-state index in [0.717, 1.165) is 25.9 Å². The van der Waals surface area contributed by atoms with Crippen molar-refractivity contribution in [1.82, 2.24) is 10.2 Å². The van der Waals surface area contributed by atoms with Crippen LogP contribution in [0.5, 0.6) is 0 Å². The topological polar surface area (TPSA) is 65.4 Å². The van der Waals surface area contributed by atoms with Crippen LogP contribution in [0, 0.1) is 17.2 Å². The summed E-state index contributed by atoms with van der Waals surface area (Å²) in [5.74, 6) is 0.546. The molecule has 5 heteroatoms. The van der Waals surface area contributed by atoms with Crippen LogP contribution in [0.3, 0.4) is 0 Å². The first-order valence-corrected chi connectivity index (χ1v) is 5.63. The van der Waals surface area contributed by atoms with E-state index in [1.54, 1.807) is 0 Å². The molecular formula is C11H19N3O2. The monoisotopic (exact) mass is 225 g/mol. The average molecular weight is 225 g/mol. The van der Waals surface area contributed by atoms with E-state index in [1.807, 2.05) is 0 Å². The Morgan fingerprint density at radius 2 is 2.38 bits per heavy atom. The van der Waals surface area contributed by atoms with Gasteiger partial charge in [0.2, 0.25) is 0 Å². The lowest BCUT2D eigenvalue weighted by Gasteiger charge is -2.36.